The van der Waals surface area contributed by atoms with Crippen LogP contribution in [0.15, 0.2) is 0 Å². The Morgan fingerprint density at radius 3 is 2.91 bits per heavy atom. The molecule has 0 aromatic rings. The predicted octanol–water partition coefficient (Wildman–Crippen LogP) is 1.49. The van der Waals surface area contributed by atoms with Crippen LogP contribution in [0, 0.1) is 11.8 Å². The lowest BCUT2D eigenvalue weighted by atomic mass is 10.0. The van der Waals surface area contributed by atoms with E-state index in [9.17, 15) is 4.39 Å². The van der Waals surface area contributed by atoms with E-state index in [0.29, 0.717) is 0 Å². The molecule has 0 bridgehead atoms. The largest absolute Gasteiger partial charge is 0.310 e. The first kappa shape index (κ1) is 8.55. The molecule has 11 heavy (non-hydrogen) atoms. The summed E-state index contributed by atoms with van der Waals surface area (Å²) in [6.07, 6.45) is 2.25. The number of nitrogens with one attached hydrogen (secondary N) is 1. The Hall–Kier alpha value is -0.550. The molecular formula is C9H14FN. The van der Waals surface area contributed by atoms with Gasteiger partial charge in [-0.1, -0.05) is 12.3 Å². The van der Waals surface area contributed by atoms with Gasteiger partial charge < -0.3 is 5.32 Å². The highest BCUT2D eigenvalue weighted by atomic mass is 19.1. The molecule has 0 aromatic heterocycles. The van der Waals surface area contributed by atoms with Gasteiger partial charge in [-0.3, -0.25) is 0 Å². The van der Waals surface area contributed by atoms with E-state index in [1.54, 1.807) is 6.92 Å². The molecule has 0 aromatic carbocycles. The van der Waals surface area contributed by atoms with Crippen LogP contribution in [-0.4, -0.2) is 18.8 Å². The summed E-state index contributed by atoms with van der Waals surface area (Å²) in [5, 5.41) is 3.13. The summed E-state index contributed by atoms with van der Waals surface area (Å²) in [5.74, 6) is 5.14. The zero-order valence-corrected chi connectivity index (χ0v) is 6.86. The van der Waals surface area contributed by atoms with Crippen LogP contribution >= 0.6 is 0 Å². The van der Waals surface area contributed by atoms with Gasteiger partial charge in [0.25, 0.3) is 0 Å². The van der Waals surface area contributed by atoms with Crippen molar-refractivity contribution in [3.63, 3.8) is 0 Å². The maximum absolute atomic E-state index is 13.1. The summed E-state index contributed by atoms with van der Waals surface area (Å²) in [6, 6.07) is -0.0174. The Labute approximate surface area is 67.4 Å². The molecule has 0 saturated carbocycles. The minimum Gasteiger partial charge on any atom is -0.310 e. The van der Waals surface area contributed by atoms with Crippen molar-refractivity contribution in [2.24, 2.45) is 0 Å². The third kappa shape index (κ3) is 2.51. The predicted molar refractivity (Wildman–Crippen MR) is 44.0 cm³/mol. The molecule has 0 aliphatic carbocycles. The molecule has 1 aliphatic heterocycles. The molecule has 1 aliphatic rings. The fraction of sp³-hybridized carbons (Fsp3) is 0.778. The van der Waals surface area contributed by atoms with Crippen LogP contribution in [0.5, 0.6) is 0 Å². The van der Waals surface area contributed by atoms with E-state index in [0.717, 1.165) is 19.4 Å². The fourth-order valence-corrected chi connectivity index (χ4v) is 1.37. The van der Waals surface area contributed by atoms with Gasteiger partial charge in [0.1, 0.15) is 0 Å². The number of piperidine rings is 1. The zero-order chi connectivity index (χ0) is 8.10. The van der Waals surface area contributed by atoms with Crippen LogP contribution < -0.4 is 5.32 Å². The van der Waals surface area contributed by atoms with E-state index >= 15 is 0 Å². The molecule has 1 N–H and O–H groups in total. The monoisotopic (exact) mass is 155 g/mol. The summed E-state index contributed by atoms with van der Waals surface area (Å²) in [7, 11) is 0. The maximum atomic E-state index is 13.1. The normalized spacial score (nSPS) is 26.9. The number of rotatable bonds is 1. The summed E-state index contributed by atoms with van der Waals surface area (Å²) in [4.78, 5) is 0. The highest BCUT2D eigenvalue weighted by Gasteiger charge is 2.20. The standard InChI is InChI=1S/C9H14FN/c1-2-5-8(10)9-6-3-4-7-11-9/h8-9,11H,3-4,6-7H2,1H3. The molecule has 0 amide bonds. The van der Waals surface area contributed by atoms with Crippen LogP contribution in [0.4, 0.5) is 4.39 Å². The second kappa shape index (κ2) is 4.35. The Balaban J connectivity index is 2.36. The van der Waals surface area contributed by atoms with Crippen LogP contribution in [0.3, 0.4) is 0 Å². The lowest BCUT2D eigenvalue weighted by Crippen LogP contribution is -2.40. The van der Waals surface area contributed by atoms with Crippen molar-refractivity contribution in [3.05, 3.63) is 0 Å². The van der Waals surface area contributed by atoms with Crippen molar-refractivity contribution in [3.8, 4) is 11.8 Å². The van der Waals surface area contributed by atoms with E-state index in [1.165, 1.54) is 6.42 Å². The minimum atomic E-state index is -0.972. The van der Waals surface area contributed by atoms with Gasteiger partial charge in [0, 0.05) is 6.04 Å². The molecule has 1 fully saturated rings. The average molecular weight is 155 g/mol. The topological polar surface area (TPSA) is 12.0 Å². The van der Waals surface area contributed by atoms with Crippen molar-refractivity contribution in [1.82, 2.24) is 5.32 Å². The third-order valence-corrected chi connectivity index (χ3v) is 1.98. The molecule has 0 spiro atoms. The van der Waals surface area contributed by atoms with Crippen LogP contribution in [-0.2, 0) is 0 Å². The van der Waals surface area contributed by atoms with Gasteiger partial charge in [-0.25, -0.2) is 4.39 Å². The van der Waals surface area contributed by atoms with Gasteiger partial charge in [0.2, 0.25) is 0 Å². The van der Waals surface area contributed by atoms with Gasteiger partial charge in [-0.15, -0.1) is 5.92 Å². The molecule has 1 saturated heterocycles. The fourth-order valence-electron chi connectivity index (χ4n) is 1.37. The average Bonchev–Trinajstić information content (AvgIpc) is 2.07. The molecule has 62 valence electrons. The van der Waals surface area contributed by atoms with E-state index in [1.807, 2.05) is 0 Å². The molecule has 1 rings (SSSR count). The second-order valence-corrected chi connectivity index (χ2v) is 2.85. The Bertz CT molecular complexity index is 162. The smallest absolute Gasteiger partial charge is 0.175 e. The van der Waals surface area contributed by atoms with Crippen LogP contribution in [0.2, 0.25) is 0 Å². The van der Waals surface area contributed by atoms with Crippen molar-refractivity contribution in [2.75, 3.05) is 6.54 Å². The van der Waals surface area contributed by atoms with Crippen LogP contribution in [0.1, 0.15) is 26.2 Å². The summed E-state index contributed by atoms with van der Waals surface area (Å²) in [5.41, 5.74) is 0. The van der Waals surface area contributed by atoms with E-state index in [2.05, 4.69) is 17.2 Å². The Morgan fingerprint density at radius 1 is 1.55 bits per heavy atom. The Morgan fingerprint density at radius 2 is 2.36 bits per heavy atom. The zero-order valence-electron chi connectivity index (χ0n) is 6.86. The molecule has 1 heterocycles. The molecule has 0 radical (unpaired) electrons. The lowest BCUT2D eigenvalue weighted by Gasteiger charge is -2.23. The SMILES string of the molecule is CC#CC(F)C1CCCCN1. The van der Waals surface area contributed by atoms with Crippen LogP contribution in [0.25, 0.3) is 0 Å². The molecule has 2 heteroatoms. The number of halogens is 1. The van der Waals surface area contributed by atoms with Gasteiger partial charge in [0.05, 0.1) is 0 Å². The summed E-state index contributed by atoms with van der Waals surface area (Å²) in [6.45, 7) is 2.62. The van der Waals surface area contributed by atoms with Gasteiger partial charge in [-0.05, 0) is 26.3 Å². The first-order valence-corrected chi connectivity index (χ1v) is 4.14. The first-order chi connectivity index (χ1) is 5.34. The molecule has 2 unspecified atom stereocenters. The lowest BCUT2D eigenvalue weighted by molar-refractivity contribution is 0.268. The van der Waals surface area contributed by atoms with Crippen molar-refractivity contribution >= 4 is 0 Å². The van der Waals surface area contributed by atoms with Crippen molar-refractivity contribution < 1.29 is 4.39 Å². The Kier molecular flexibility index (Phi) is 3.38. The number of alkyl halides is 1. The summed E-state index contributed by atoms with van der Waals surface area (Å²) >= 11 is 0. The van der Waals surface area contributed by atoms with Gasteiger partial charge in [0.15, 0.2) is 6.17 Å². The van der Waals surface area contributed by atoms with Crippen molar-refractivity contribution in [1.29, 1.82) is 0 Å². The highest BCUT2D eigenvalue weighted by molar-refractivity contribution is 5.06. The van der Waals surface area contributed by atoms with E-state index in [-0.39, 0.29) is 6.04 Å². The molecular weight excluding hydrogens is 141 g/mol. The molecule has 1 nitrogen and oxygen atoms in total. The summed E-state index contributed by atoms with van der Waals surface area (Å²) < 4.78 is 13.1. The van der Waals surface area contributed by atoms with E-state index < -0.39 is 6.17 Å². The van der Waals surface area contributed by atoms with Gasteiger partial charge in [-0.2, -0.15) is 0 Å². The number of hydrogen-bond donors (Lipinski definition) is 1. The quantitative estimate of drug-likeness (QED) is 0.566. The second-order valence-electron chi connectivity index (χ2n) is 2.85. The molecule has 2 atom stereocenters. The van der Waals surface area contributed by atoms with Gasteiger partial charge >= 0.3 is 0 Å². The maximum Gasteiger partial charge on any atom is 0.175 e. The third-order valence-electron chi connectivity index (χ3n) is 1.98. The first-order valence-electron chi connectivity index (χ1n) is 4.14. The minimum absolute atomic E-state index is 0.0174. The highest BCUT2D eigenvalue weighted by Crippen LogP contribution is 2.11. The van der Waals surface area contributed by atoms with E-state index in [4.69, 9.17) is 0 Å². The van der Waals surface area contributed by atoms with Crippen molar-refractivity contribution in [2.45, 2.75) is 38.4 Å². The number of hydrogen-bond acceptors (Lipinski definition) is 1.